The maximum Gasteiger partial charge on any atom is 0.252 e. The minimum Gasteiger partial charge on any atom is -0.365 e. The van der Waals surface area contributed by atoms with Gasteiger partial charge in [-0.15, -0.1) is 0 Å². The lowest BCUT2D eigenvalue weighted by molar-refractivity contribution is 0.0999. The van der Waals surface area contributed by atoms with E-state index in [1.807, 2.05) is 12.1 Å². The minimum atomic E-state index is -0.501. The van der Waals surface area contributed by atoms with Gasteiger partial charge >= 0.3 is 0 Å². The highest BCUT2D eigenvalue weighted by atomic mass is 19.1. The van der Waals surface area contributed by atoms with Crippen LogP contribution in [0.2, 0.25) is 0 Å². The molecule has 1 amide bonds. The molecular formula is C17H19FN4O. The Kier molecular flexibility index (Phi) is 4.34. The molecule has 6 heteroatoms. The Labute approximate surface area is 134 Å². The number of hydrogen-bond donors (Lipinski definition) is 1. The zero-order valence-corrected chi connectivity index (χ0v) is 13.0. The second kappa shape index (κ2) is 6.42. The standard InChI is InChI=1S/C17H19FN4O/c1-11-15(16(19)23)8-20-17(21-11)13-6-7-22(10-13)9-12-2-4-14(18)5-3-12/h2-5,8,13H,6-7,9-10H2,1H3,(H2,19,23)/t13-/m0/s1. The summed E-state index contributed by atoms with van der Waals surface area (Å²) in [6.07, 6.45) is 2.49. The van der Waals surface area contributed by atoms with Crippen LogP contribution in [0, 0.1) is 12.7 Å². The first-order chi connectivity index (χ1) is 11.0. The maximum absolute atomic E-state index is 12.9. The fourth-order valence-electron chi connectivity index (χ4n) is 2.96. The number of benzene rings is 1. The van der Waals surface area contributed by atoms with E-state index in [0.717, 1.165) is 37.4 Å². The summed E-state index contributed by atoms with van der Waals surface area (Å²) in [5.74, 6) is 0.287. The van der Waals surface area contributed by atoms with Crippen molar-refractivity contribution in [1.29, 1.82) is 0 Å². The average Bonchev–Trinajstić information content (AvgIpc) is 2.97. The lowest BCUT2D eigenvalue weighted by Gasteiger charge is -2.16. The Balaban J connectivity index is 1.66. The SMILES string of the molecule is Cc1nc([C@H]2CCN(Cc3ccc(F)cc3)C2)ncc1C(N)=O. The molecule has 5 nitrogen and oxygen atoms in total. The van der Waals surface area contributed by atoms with Crippen molar-refractivity contribution in [3.8, 4) is 0 Å². The molecule has 0 radical (unpaired) electrons. The molecule has 2 aromatic rings. The molecule has 0 saturated carbocycles. The first kappa shape index (κ1) is 15.6. The van der Waals surface area contributed by atoms with E-state index in [-0.39, 0.29) is 11.7 Å². The summed E-state index contributed by atoms with van der Waals surface area (Å²) in [7, 11) is 0. The summed E-state index contributed by atoms with van der Waals surface area (Å²) in [4.78, 5) is 22.3. The van der Waals surface area contributed by atoms with E-state index in [1.54, 1.807) is 6.92 Å². The largest absolute Gasteiger partial charge is 0.365 e. The molecule has 3 rings (SSSR count). The number of carbonyl (C=O) groups is 1. The van der Waals surface area contributed by atoms with E-state index in [0.29, 0.717) is 11.3 Å². The number of rotatable bonds is 4. The third kappa shape index (κ3) is 3.53. The summed E-state index contributed by atoms with van der Waals surface area (Å²) >= 11 is 0. The van der Waals surface area contributed by atoms with E-state index >= 15 is 0 Å². The number of aryl methyl sites for hydroxylation is 1. The van der Waals surface area contributed by atoms with Gasteiger partial charge in [0.15, 0.2) is 0 Å². The third-order valence-electron chi connectivity index (χ3n) is 4.22. The monoisotopic (exact) mass is 314 g/mol. The van der Waals surface area contributed by atoms with E-state index in [9.17, 15) is 9.18 Å². The third-order valence-corrected chi connectivity index (χ3v) is 4.22. The van der Waals surface area contributed by atoms with Gasteiger partial charge in [-0.2, -0.15) is 0 Å². The zero-order valence-electron chi connectivity index (χ0n) is 13.0. The Morgan fingerprint density at radius 1 is 1.39 bits per heavy atom. The molecule has 1 saturated heterocycles. The van der Waals surface area contributed by atoms with Gasteiger partial charge < -0.3 is 5.73 Å². The van der Waals surface area contributed by atoms with Crippen LogP contribution in [0.3, 0.4) is 0 Å². The van der Waals surface area contributed by atoms with Crippen molar-refractivity contribution in [1.82, 2.24) is 14.9 Å². The van der Waals surface area contributed by atoms with Gasteiger partial charge in [-0.05, 0) is 37.6 Å². The molecule has 2 heterocycles. The quantitative estimate of drug-likeness (QED) is 0.937. The first-order valence-electron chi connectivity index (χ1n) is 7.63. The van der Waals surface area contributed by atoms with Crippen LogP contribution < -0.4 is 5.73 Å². The number of halogens is 1. The summed E-state index contributed by atoms with van der Waals surface area (Å²) in [5.41, 5.74) is 7.37. The Morgan fingerprint density at radius 3 is 2.78 bits per heavy atom. The first-order valence-corrected chi connectivity index (χ1v) is 7.63. The molecule has 1 aliphatic rings. The van der Waals surface area contributed by atoms with Crippen LogP contribution in [0.4, 0.5) is 4.39 Å². The molecule has 0 bridgehead atoms. The van der Waals surface area contributed by atoms with Crippen LogP contribution in [-0.4, -0.2) is 33.9 Å². The fraction of sp³-hybridized carbons (Fsp3) is 0.353. The van der Waals surface area contributed by atoms with E-state index in [2.05, 4.69) is 14.9 Å². The van der Waals surface area contributed by atoms with Gasteiger partial charge in [0.2, 0.25) is 0 Å². The van der Waals surface area contributed by atoms with Crippen molar-refractivity contribution < 1.29 is 9.18 Å². The molecule has 1 fully saturated rings. The number of hydrogen-bond acceptors (Lipinski definition) is 4. The van der Waals surface area contributed by atoms with Crippen LogP contribution in [0.5, 0.6) is 0 Å². The maximum atomic E-state index is 12.9. The van der Waals surface area contributed by atoms with E-state index in [4.69, 9.17) is 5.73 Å². The number of carbonyl (C=O) groups excluding carboxylic acids is 1. The molecule has 2 N–H and O–H groups in total. The van der Waals surface area contributed by atoms with Gasteiger partial charge in [-0.1, -0.05) is 12.1 Å². The number of nitrogens with zero attached hydrogens (tertiary/aromatic N) is 3. The van der Waals surface area contributed by atoms with Crippen LogP contribution in [-0.2, 0) is 6.54 Å². The lowest BCUT2D eigenvalue weighted by atomic mass is 10.1. The molecule has 120 valence electrons. The van der Waals surface area contributed by atoms with Gasteiger partial charge in [0.1, 0.15) is 11.6 Å². The molecule has 1 atom stereocenters. The molecule has 1 aromatic carbocycles. The van der Waals surface area contributed by atoms with Crippen molar-refractivity contribution >= 4 is 5.91 Å². The Bertz CT molecular complexity index is 717. The Morgan fingerprint density at radius 2 is 2.13 bits per heavy atom. The molecule has 0 spiro atoms. The van der Waals surface area contributed by atoms with Crippen molar-refractivity contribution in [3.63, 3.8) is 0 Å². The average molecular weight is 314 g/mol. The second-order valence-corrected chi connectivity index (χ2v) is 5.94. The topological polar surface area (TPSA) is 72.1 Å². The molecule has 0 aliphatic carbocycles. The second-order valence-electron chi connectivity index (χ2n) is 5.94. The highest BCUT2D eigenvalue weighted by Crippen LogP contribution is 2.26. The smallest absolute Gasteiger partial charge is 0.252 e. The number of amides is 1. The van der Waals surface area contributed by atoms with E-state index in [1.165, 1.54) is 18.3 Å². The molecule has 1 aliphatic heterocycles. The Hall–Kier alpha value is -2.34. The van der Waals surface area contributed by atoms with Gasteiger partial charge in [-0.25, -0.2) is 14.4 Å². The van der Waals surface area contributed by atoms with Gasteiger partial charge in [-0.3, -0.25) is 9.69 Å². The van der Waals surface area contributed by atoms with Crippen LogP contribution in [0.25, 0.3) is 0 Å². The molecule has 1 aromatic heterocycles. The fourth-order valence-corrected chi connectivity index (χ4v) is 2.96. The summed E-state index contributed by atoms with van der Waals surface area (Å²) in [6.45, 7) is 4.36. The molecule has 23 heavy (non-hydrogen) atoms. The van der Waals surface area contributed by atoms with Crippen molar-refractivity contribution in [3.05, 3.63) is 58.9 Å². The highest BCUT2D eigenvalue weighted by Gasteiger charge is 2.26. The van der Waals surface area contributed by atoms with Crippen LogP contribution >= 0.6 is 0 Å². The lowest BCUT2D eigenvalue weighted by Crippen LogP contribution is -2.21. The minimum absolute atomic E-state index is 0.216. The zero-order chi connectivity index (χ0) is 16.4. The summed E-state index contributed by atoms with van der Waals surface area (Å²) < 4.78 is 12.9. The number of primary amides is 1. The highest BCUT2D eigenvalue weighted by molar-refractivity contribution is 5.93. The van der Waals surface area contributed by atoms with Gasteiger partial charge in [0.05, 0.1) is 11.3 Å². The van der Waals surface area contributed by atoms with Gasteiger partial charge in [0.25, 0.3) is 5.91 Å². The van der Waals surface area contributed by atoms with Crippen LogP contribution in [0.15, 0.2) is 30.5 Å². The van der Waals surface area contributed by atoms with Crippen LogP contribution in [0.1, 0.15) is 39.8 Å². The number of likely N-dealkylation sites (tertiary alicyclic amines) is 1. The molecule has 0 unspecified atom stereocenters. The predicted octanol–water partition coefficient (Wildman–Crippen LogP) is 2.01. The van der Waals surface area contributed by atoms with Crippen molar-refractivity contribution in [2.75, 3.05) is 13.1 Å². The normalized spacial score (nSPS) is 18.3. The number of aromatic nitrogens is 2. The van der Waals surface area contributed by atoms with E-state index < -0.39 is 5.91 Å². The van der Waals surface area contributed by atoms with Crippen molar-refractivity contribution in [2.24, 2.45) is 5.73 Å². The summed E-state index contributed by atoms with van der Waals surface area (Å²) in [5, 5.41) is 0. The predicted molar refractivity (Wildman–Crippen MR) is 84.3 cm³/mol. The van der Waals surface area contributed by atoms with Crippen molar-refractivity contribution in [2.45, 2.75) is 25.8 Å². The van der Waals surface area contributed by atoms with Gasteiger partial charge in [0, 0.05) is 25.2 Å². The number of nitrogens with two attached hydrogens (primary N) is 1. The summed E-state index contributed by atoms with van der Waals surface area (Å²) in [6, 6.07) is 6.59. The molecular weight excluding hydrogens is 295 g/mol.